The summed E-state index contributed by atoms with van der Waals surface area (Å²) in [6.45, 7) is 1.45. The Morgan fingerprint density at radius 1 is 1.17 bits per heavy atom. The second-order valence-electron chi connectivity index (χ2n) is 5.74. The number of rotatable bonds is 7. The SMILES string of the molecule is c1ccc(OCCCNc2nccn3c(C4CC4)nnc23)cc1. The molecule has 23 heavy (non-hydrogen) atoms. The van der Waals surface area contributed by atoms with Gasteiger partial charge in [0.25, 0.3) is 0 Å². The van der Waals surface area contributed by atoms with E-state index >= 15 is 0 Å². The minimum absolute atomic E-state index is 0.569. The lowest BCUT2D eigenvalue weighted by molar-refractivity contribution is 0.315. The van der Waals surface area contributed by atoms with Crippen molar-refractivity contribution >= 4 is 11.5 Å². The number of hydrogen-bond acceptors (Lipinski definition) is 5. The molecule has 1 fully saturated rings. The Hall–Kier alpha value is -2.63. The molecule has 0 aliphatic heterocycles. The molecular formula is C17H19N5O. The third-order valence-electron chi connectivity index (χ3n) is 3.92. The third kappa shape index (κ3) is 3.11. The van der Waals surface area contributed by atoms with Crippen molar-refractivity contribution in [2.45, 2.75) is 25.2 Å². The van der Waals surface area contributed by atoms with E-state index in [4.69, 9.17) is 4.74 Å². The molecule has 1 aliphatic carbocycles. The standard InChI is InChI=1S/C17H19N5O/c1-2-5-14(6-3-1)23-12-4-9-18-15-17-21-20-16(13-7-8-13)22(17)11-10-19-15/h1-3,5-6,10-11,13H,4,7-9,12H2,(H,18,19). The molecule has 1 N–H and O–H groups in total. The fourth-order valence-corrected chi connectivity index (χ4v) is 2.57. The first-order valence-corrected chi connectivity index (χ1v) is 8.03. The molecule has 6 heteroatoms. The van der Waals surface area contributed by atoms with Gasteiger partial charge in [-0.3, -0.25) is 4.40 Å². The van der Waals surface area contributed by atoms with Gasteiger partial charge in [0, 0.05) is 24.9 Å². The fraction of sp³-hybridized carbons (Fsp3) is 0.353. The van der Waals surface area contributed by atoms with Crippen molar-refractivity contribution in [3.8, 4) is 5.75 Å². The van der Waals surface area contributed by atoms with Gasteiger partial charge in [-0.2, -0.15) is 0 Å². The largest absolute Gasteiger partial charge is 0.494 e. The molecule has 2 aromatic heterocycles. The van der Waals surface area contributed by atoms with E-state index in [1.54, 1.807) is 6.20 Å². The monoisotopic (exact) mass is 309 g/mol. The van der Waals surface area contributed by atoms with E-state index in [-0.39, 0.29) is 0 Å². The summed E-state index contributed by atoms with van der Waals surface area (Å²) in [5.41, 5.74) is 0.804. The van der Waals surface area contributed by atoms with Gasteiger partial charge in [0.2, 0.25) is 5.65 Å². The predicted octanol–water partition coefficient (Wildman–Crippen LogP) is 2.88. The second kappa shape index (κ2) is 6.24. The zero-order chi connectivity index (χ0) is 15.5. The molecule has 3 aromatic rings. The Kier molecular flexibility index (Phi) is 3.80. The number of nitrogens with zero attached hydrogens (tertiary/aromatic N) is 4. The molecule has 6 nitrogen and oxygen atoms in total. The van der Waals surface area contributed by atoms with E-state index in [0.29, 0.717) is 12.5 Å². The maximum atomic E-state index is 5.68. The van der Waals surface area contributed by atoms with Crippen molar-refractivity contribution in [3.05, 3.63) is 48.5 Å². The summed E-state index contributed by atoms with van der Waals surface area (Å²) in [7, 11) is 0. The van der Waals surface area contributed by atoms with Crippen molar-refractivity contribution in [2.24, 2.45) is 0 Å². The molecule has 0 saturated heterocycles. The van der Waals surface area contributed by atoms with E-state index in [9.17, 15) is 0 Å². The third-order valence-corrected chi connectivity index (χ3v) is 3.92. The van der Waals surface area contributed by atoms with Crippen LogP contribution < -0.4 is 10.1 Å². The van der Waals surface area contributed by atoms with E-state index in [1.807, 2.05) is 40.9 Å². The molecule has 1 aromatic carbocycles. The highest BCUT2D eigenvalue weighted by atomic mass is 16.5. The summed E-state index contributed by atoms with van der Waals surface area (Å²) in [5.74, 6) is 3.31. The lowest BCUT2D eigenvalue weighted by Gasteiger charge is -2.08. The number of nitrogens with one attached hydrogen (secondary N) is 1. The lowest BCUT2D eigenvalue weighted by Crippen LogP contribution is -2.09. The Balaban J connectivity index is 1.33. The lowest BCUT2D eigenvalue weighted by atomic mass is 10.3. The van der Waals surface area contributed by atoms with Gasteiger partial charge in [-0.05, 0) is 31.4 Å². The average molecular weight is 309 g/mol. The van der Waals surface area contributed by atoms with Gasteiger partial charge < -0.3 is 10.1 Å². The summed E-state index contributed by atoms with van der Waals surface area (Å²) in [4.78, 5) is 4.38. The molecule has 118 valence electrons. The Labute approximate surface area is 134 Å². The Morgan fingerprint density at radius 2 is 2.04 bits per heavy atom. The highest BCUT2D eigenvalue weighted by molar-refractivity contribution is 5.62. The van der Waals surface area contributed by atoms with E-state index < -0.39 is 0 Å². The Morgan fingerprint density at radius 3 is 2.87 bits per heavy atom. The molecule has 0 atom stereocenters. The Bertz CT molecular complexity index is 782. The number of aromatic nitrogens is 4. The van der Waals surface area contributed by atoms with Crippen LogP contribution in [0, 0.1) is 0 Å². The second-order valence-corrected chi connectivity index (χ2v) is 5.74. The van der Waals surface area contributed by atoms with Gasteiger partial charge in [0.15, 0.2) is 5.82 Å². The number of benzene rings is 1. The van der Waals surface area contributed by atoms with Crippen LogP contribution in [0.5, 0.6) is 5.75 Å². The van der Waals surface area contributed by atoms with Crippen molar-refractivity contribution < 1.29 is 4.74 Å². The van der Waals surface area contributed by atoms with Crippen LogP contribution >= 0.6 is 0 Å². The normalized spacial score (nSPS) is 14.1. The molecule has 4 rings (SSSR count). The first-order valence-electron chi connectivity index (χ1n) is 8.03. The van der Waals surface area contributed by atoms with Gasteiger partial charge >= 0.3 is 0 Å². The van der Waals surface area contributed by atoms with Crippen LogP contribution in [0.4, 0.5) is 5.82 Å². The predicted molar refractivity (Wildman–Crippen MR) is 87.8 cm³/mol. The maximum Gasteiger partial charge on any atom is 0.203 e. The van der Waals surface area contributed by atoms with Crippen molar-refractivity contribution in [1.29, 1.82) is 0 Å². The topological polar surface area (TPSA) is 64.3 Å². The van der Waals surface area contributed by atoms with Crippen molar-refractivity contribution in [3.63, 3.8) is 0 Å². The number of fused-ring (bicyclic) bond motifs is 1. The highest BCUT2D eigenvalue weighted by Crippen LogP contribution is 2.39. The van der Waals surface area contributed by atoms with Crippen LogP contribution in [-0.2, 0) is 0 Å². The number of anilines is 1. The first-order chi connectivity index (χ1) is 11.4. The molecular weight excluding hydrogens is 290 g/mol. The molecule has 2 heterocycles. The minimum Gasteiger partial charge on any atom is -0.494 e. The first kappa shape index (κ1) is 14.0. The van der Waals surface area contributed by atoms with Crippen LogP contribution in [-0.4, -0.2) is 32.7 Å². The summed E-state index contributed by atoms with van der Waals surface area (Å²) in [6, 6.07) is 9.85. The van der Waals surface area contributed by atoms with E-state index in [2.05, 4.69) is 20.5 Å². The fourth-order valence-electron chi connectivity index (χ4n) is 2.57. The molecule has 1 aliphatic rings. The van der Waals surface area contributed by atoms with Gasteiger partial charge in [-0.25, -0.2) is 4.98 Å². The summed E-state index contributed by atoms with van der Waals surface area (Å²) < 4.78 is 7.73. The summed E-state index contributed by atoms with van der Waals surface area (Å²) in [5, 5.41) is 11.9. The van der Waals surface area contributed by atoms with E-state index in [1.165, 1.54) is 12.8 Å². The van der Waals surface area contributed by atoms with Crippen LogP contribution in [0.1, 0.15) is 31.0 Å². The van der Waals surface area contributed by atoms with Gasteiger partial charge in [-0.1, -0.05) is 18.2 Å². The van der Waals surface area contributed by atoms with Gasteiger partial charge in [0.1, 0.15) is 11.6 Å². The molecule has 0 bridgehead atoms. The zero-order valence-corrected chi connectivity index (χ0v) is 12.9. The highest BCUT2D eigenvalue weighted by Gasteiger charge is 2.29. The number of ether oxygens (including phenoxy) is 1. The zero-order valence-electron chi connectivity index (χ0n) is 12.9. The molecule has 1 saturated carbocycles. The number of para-hydroxylation sites is 1. The van der Waals surface area contributed by atoms with Crippen LogP contribution in [0.3, 0.4) is 0 Å². The van der Waals surface area contributed by atoms with Crippen LogP contribution in [0.2, 0.25) is 0 Å². The quantitative estimate of drug-likeness (QED) is 0.680. The molecule has 0 radical (unpaired) electrons. The van der Waals surface area contributed by atoms with Crippen LogP contribution in [0.15, 0.2) is 42.7 Å². The van der Waals surface area contributed by atoms with Crippen molar-refractivity contribution in [1.82, 2.24) is 19.6 Å². The summed E-state index contributed by atoms with van der Waals surface area (Å²) in [6.07, 6.45) is 7.05. The van der Waals surface area contributed by atoms with E-state index in [0.717, 1.165) is 36.0 Å². The van der Waals surface area contributed by atoms with Gasteiger partial charge in [0.05, 0.1) is 6.61 Å². The maximum absolute atomic E-state index is 5.68. The number of hydrogen-bond donors (Lipinski definition) is 1. The van der Waals surface area contributed by atoms with Gasteiger partial charge in [-0.15, -0.1) is 10.2 Å². The smallest absolute Gasteiger partial charge is 0.203 e. The molecule has 0 amide bonds. The summed E-state index contributed by atoms with van der Waals surface area (Å²) >= 11 is 0. The molecule has 0 spiro atoms. The molecule has 0 unspecified atom stereocenters. The average Bonchev–Trinajstić information content (AvgIpc) is 3.34. The van der Waals surface area contributed by atoms with Crippen LogP contribution in [0.25, 0.3) is 5.65 Å². The van der Waals surface area contributed by atoms with Crippen molar-refractivity contribution in [2.75, 3.05) is 18.5 Å². The minimum atomic E-state index is 0.569.